The van der Waals surface area contributed by atoms with Gasteiger partial charge in [-0.15, -0.1) is 0 Å². The minimum atomic E-state index is -0.986. The standard InChI is InChI=1S/2C7H6O3.Cu/c2*8-6-3-1-5(2-4-6)7(9)10;/h2*1-4,8H,(H,9,10);. The molecular weight excluding hydrogens is 328 g/mol. The molecule has 2 rings (SSSR count). The van der Waals surface area contributed by atoms with Crippen molar-refractivity contribution in [3.63, 3.8) is 0 Å². The van der Waals surface area contributed by atoms with Crippen LogP contribution in [0, 0.1) is 0 Å². The Labute approximate surface area is 130 Å². The van der Waals surface area contributed by atoms with Gasteiger partial charge in [0, 0.05) is 17.1 Å². The zero-order chi connectivity index (χ0) is 15.1. The summed E-state index contributed by atoms with van der Waals surface area (Å²) in [5.74, 6) is -1.82. The summed E-state index contributed by atoms with van der Waals surface area (Å²) < 4.78 is 0. The van der Waals surface area contributed by atoms with Gasteiger partial charge in [-0.2, -0.15) is 0 Å². The van der Waals surface area contributed by atoms with Crippen LogP contribution in [0.3, 0.4) is 0 Å². The molecule has 0 bridgehead atoms. The van der Waals surface area contributed by atoms with E-state index in [1.54, 1.807) is 0 Å². The summed E-state index contributed by atoms with van der Waals surface area (Å²) in [6.07, 6.45) is 0. The van der Waals surface area contributed by atoms with Gasteiger partial charge in [0.15, 0.2) is 0 Å². The number of hydrogen-bond acceptors (Lipinski definition) is 4. The molecule has 0 fully saturated rings. The first-order valence-corrected chi connectivity index (χ1v) is 5.45. The largest absolute Gasteiger partial charge is 0.508 e. The van der Waals surface area contributed by atoms with E-state index >= 15 is 0 Å². The Balaban J connectivity index is 0.000000364. The van der Waals surface area contributed by atoms with Gasteiger partial charge in [0.1, 0.15) is 11.5 Å². The van der Waals surface area contributed by atoms with Crippen LogP contribution in [-0.4, -0.2) is 32.4 Å². The Morgan fingerprint density at radius 2 is 0.857 bits per heavy atom. The summed E-state index contributed by atoms with van der Waals surface area (Å²) in [6.45, 7) is 0. The minimum absolute atomic E-state index is 0. The molecular formula is C14H12CuO6. The summed E-state index contributed by atoms with van der Waals surface area (Å²) in [4.78, 5) is 20.5. The zero-order valence-electron chi connectivity index (χ0n) is 10.5. The molecule has 1 radical (unpaired) electrons. The monoisotopic (exact) mass is 339 g/mol. The number of phenols is 2. The number of aromatic hydroxyl groups is 2. The molecule has 7 heteroatoms. The van der Waals surface area contributed by atoms with E-state index in [1.807, 2.05) is 0 Å². The van der Waals surface area contributed by atoms with Gasteiger partial charge in [-0.1, -0.05) is 0 Å². The maximum atomic E-state index is 10.2. The summed E-state index contributed by atoms with van der Waals surface area (Å²) in [7, 11) is 0. The minimum Gasteiger partial charge on any atom is -0.508 e. The predicted octanol–water partition coefficient (Wildman–Crippen LogP) is 2.18. The van der Waals surface area contributed by atoms with Crippen molar-refractivity contribution in [3.05, 3.63) is 59.7 Å². The Morgan fingerprint density at radius 3 is 1.05 bits per heavy atom. The maximum Gasteiger partial charge on any atom is 0.335 e. The number of carboxylic acid groups (broad SMARTS) is 2. The third-order valence-corrected chi connectivity index (χ3v) is 2.23. The van der Waals surface area contributed by atoms with E-state index in [9.17, 15) is 9.59 Å². The molecule has 0 heterocycles. The Bertz CT molecular complexity index is 536. The first-order chi connectivity index (χ1) is 9.40. The van der Waals surface area contributed by atoms with Crippen LogP contribution in [-0.2, 0) is 17.1 Å². The van der Waals surface area contributed by atoms with Crippen LogP contribution in [0.5, 0.6) is 11.5 Å². The van der Waals surface area contributed by atoms with E-state index in [4.69, 9.17) is 20.4 Å². The molecule has 0 amide bonds. The molecule has 0 aliphatic carbocycles. The second-order valence-electron chi connectivity index (χ2n) is 3.70. The van der Waals surface area contributed by atoms with E-state index in [0.29, 0.717) is 0 Å². The second kappa shape index (κ2) is 8.63. The van der Waals surface area contributed by atoms with Crippen LogP contribution >= 0.6 is 0 Å². The third-order valence-electron chi connectivity index (χ3n) is 2.23. The van der Waals surface area contributed by atoms with Crippen molar-refractivity contribution >= 4 is 11.9 Å². The summed E-state index contributed by atoms with van der Waals surface area (Å²) in [5, 5.41) is 34.3. The molecule has 0 spiro atoms. The molecule has 21 heavy (non-hydrogen) atoms. The fourth-order valence-corrected chi connectivity index (χ4v) is 1.21. The fourth-order valence-electron chi connectivity index (χ4n) is 1.21. The molecule has 6 nitrogen and oxygen atoms in total. The van der Waals surface area contributed by atoms with Gasteiger partial charge >= 0.3 is 11.9 Å². The fraction of sp³-hybridized carbons (Fsp3) is 0. The quantitative estimate of drug-likeness (QED) is 0.623. The number of phenolic OH excluding ortho intramolecular Hbond substituents is 2. The van der Waals surface area contributed by atoms with Crippen molar-refractivity contribution < 1.29 is 47.1 Å². The third kappa shape index (κ3) is 6.47. The van der Waals surface area contributed by atoms with Crippen LogP contribution in [0.4, 0.5) is 0 Å². The van der Waals surface area contributed by atoms with E-state index < -0.39 is 11.9 Å². The predicted molar refractivity (Wildman–Crippen MR) is 70.1 cm³/mol. The first kappa shape index (κ1) is 18.5. The van der Waals surface area contributed by atoms with Crippen molar-refractivity contribution in [1.29, 1.82) is 0 Å². The van der Waals surface area contributed by atoms with Gasteiger partial charge in [-0.3, -0.25) is 0 Å². The molecule has 0 aliphatic rings. The van der Waals surface area contributed by atoms with Crippen molar-refractivity contribution in [2.24, 2.45) is 0 Å². The molecule has 0 atom stereocenters. The van der Waals surface area contributed by atoms with E-state index in [-0.39, 0.29) is 39.7 Å². The van der Waals surface area contributed by atoms with E-state index in [0.717, 1.165) is 0 Å². The van der Waals surface area contributed by atoms with Gasteiger partial charge in [0.25, 0.3) is 0 Å². The zero-order valence-corrected chi connectivity index (χ0v) is 11.5. The molecule has 0 saturated heterocycles. The number of hydrogen-bond donors (Lipinski definition) is 4. The Hall–Kier alpha value is -2.50. The van der Waals surface area contributed by atoms with Crippen LogP contribution in [0.25, 0.3) is 0 Å². The van der Waals surface area contributed by atoms with E-state index in [2.05, 4.69) is 0 Å². The van der Waals surface area contributed by atoms with Gasteiger partial charge in [0.2, 0.25) is 0 Å². The molecule has 4 N–H and O–H groups in total. The van der Waals surface area contributed by atoms with Crippen LogP contribution in [0.2, 0.25) is 0 Å². The van der Waals surface area contributed by atoms with Gasteiger partial charge in [-0.05, 0) is 48.5 Å². The molecule has 0 aromatic heterocycles. The van der Waals surface area contributed by atoms with Crippen LogP contribution in [0.1, 0.15) is 20.7 Å². The summed E-state index contributed by atoms with van der Waals surface area (Å²) >= 11 is 0. The summed E-state index contributed by atoms with van der Waals surface area (Å²) in [6, 6.07) is 10.7. The molecule has 2 aromatic rings. The number of aromatic carboxylic acids is 2. The van der Waals surface area contributed by atoms with Crippen molar-refractivity contribution in [2.75, 3.05) is 0 Å². The Morgan fingerprint density at radius 1 is 0.619 bits per heavy atom. The summed E-state index contributed by atoms with van der Waals surface area (Å²) in [5.41, 5.74) is 0.357. The first-order valence-electron chi connectivity index (χ1n) is 5.45. The molecule has 2 aromatic carbocycles. The number of carbonyl (C=O) groups is 2. The Kier molecular flexibility index (Phi) is 7.60. The number of rotatable bonds is 2. The topological polar surface area (TPSA) is 115 Å². The molecule has 0 saturated carbocycles. The average molecular weight is 340 g/mol. The SMILES string of the molecule is O=C(O)c1ccc(O)cc1.O=C(O)c1ccc(O)cc1.[Cu]. The normalized spacial score (nSPS) is 8.76. The average Bonchev–Trinajstić information content (AvgIpc) is 2.40. The van der Waals surface area contributed by atoms with E-state index in [1.165, 1.54) is 48.5 Å². The maximum absolute atomic E-state index is 10.2. The van der Waals surface area contributed by atoms with Crippen LogP contribution in [0.15, 0.2) is 48.5 Å². The van der Waals surface area contributed by atoms with Gasteiger partial charge < -0.3 is 20.4 Å². The smallest absolute Gasteiger partial charge is 0.335 e. The number of benzene rings is 2. The van der Waals surface area contributed by atoms with Crippen LogP contribution < -0.4 is 0 Å². The molecule has 0 aliphatic heterocycles. The van der Waals surface area contributed by atoms with Crippen molar-refractivity contribution in [3.8, 4) is 11.5 Å². The molecule has 0 unspecified atom stereocenters. The molecule has 115 valence electrons. The van der Waals surface area contributed by atoms with Gasteiger partial charge in [0.05, 0.1) is 11.1 Å². The second-order valence-corrected chi connectivity index (χ2v) is 3.70. The van der Waals surface area contributed by atoms with Crippen molar-refractivity contribution in [2.45, 2.75) is 0 Å². The van der Waals surface area contributed by atoms with Crippen molar-refractivity contribution in [1.82, 2.24) is 0 Å². The van der Waals surface area contributed by atoms with Gasteiger partial charge in [-0.25, -0.2) is 9.59 Å². The number of carboxylic acids is 2.